The summed E-state index contributed by atoms with van der Waals surface area (Å²) in [5.41, 5.74) is 5.71. The minimum atomic E-state index is -0.542. The van der Waals surface area contributed by atoms with Crippen LogP contribution in [-0.4, -0.2) is 67.1 Å². The molecule has 2 aliphatic heterocycles. The molecule has 0 unspecified atom stereocenters. The topological polar surface area (TPSA) is 75.9 Å². The van der Waals surface area contributed by atoms with Crippen LogP contribution >= 0.6 is 0 Å². The van der Waals surface area contributed by atoms with Crippen LogP contribution in [0.5, 0.6) is 11.5 Å². The largest absolute Gasteiger partial charge is 3.00 e. The van der Waals surface area contributed by atoms with Crippen molar-refractivity contribution in [3.8, 4) is 11.5 Å². The van der Waals surface area contributed by atoms with Crippen LogP contribution in [0.2, 0.25) is 26.2 Å². The summed E-state index contributed by atoms with van der Waals surface area (Å²) in [6.45, 7) is 42.1. The zero-order valence-electron chi connectivity index (χ0n) is 35.4. The second-order valence-corrected chi connectivity index (χ2v) is 24.8. The van der Waals surface area contributed by atoms with E-state index in [0.717, 1.165) is 61.6 Å². The number of rotatable bonds is 6. The summed E-state index contributed by atoms with van der Waals surface area (Å²) in [6, 6.07) is 8.53. The molecule has 297 valence electrons. The fraction of sp³-hybridized carbons (Fsp3) is 0.714. The smallest absolute Gasteiger partial charge is 0.872 e. The van der Waals surface area contributed by atoms with Gasteiger partial charge in [-0.2, -0.15) is 0 Å². The first-order valence-corrected chi connectivity index (χ1v) is 24.9. The van der Waals surface area contributed by atoms with Gasteiger partial charge in [0.1, 0.15) is 0 Å². The quantitative estimate of drug-likeness (QED) is 0.272. The number of ether oxygens (including phenoxy) is 1. The van der Waals surface area contributed by atoms with E-state index in [-0.39, 0.29) is 80.1 Å². The maximum atomic E-state index is 13.5. The van der Waals surface area contributed by atoms with E-state index >= 15 is 0 Å². The van der Waals surface area contributed by atoms with Crippen LogP contribution in [0.15, 0.2) is 24.3 Å². The van der Waals surface area contributed by atoms with Gasteiger partial charge in [-0.05, 0) is 67.9 Å². The van der Waals surface area contributed by atoms with Crippen molar-refractivity contribution in [3.05, 3.63) is 62.3 Å². The Labute approximate surface area is 356 Å². The first kappa shape index (κ1) is 48.9. The van der Waals surface area contributed by atoms with E-state index < -0.39 is 17.9 Å². The minimum absolute atomic E-state index is 0. The third-order valence-electron chi connectivity index (χ3n) is 9.36. The van der Waals surface area contributed by atoms with Crippen molar-refractivity contribution in [2.24, 2.45) is 0 Å². The van der Waals surface area contributed by atoms with Crippen molar-refractivity contribution >= 4 is 17.9 Å². The van der Waals surface area contributed by atoms with Crippen LogP contribution in [0.4, 0.5) is 0 Å². The van der Waals surface area contributed by atoms with Crippen LogP contribution in [0.25, 0.3) is 4.65 Å². The fourth-order valence-electron chi connectivity index (χ4n) is 6.29. The third kappa shape index (κ3) is 16.6. The molecule has 0 saturated carbocycles. The maximum absolute atomic E-state index is 13.5. The van der Waals surface area contributed by atoms with Gasteiger partial charge in [0.05, 0.1) is 0 Å². The molecular formula is C42H74N3O3Si2Yb. The molecule has 2 aromatic rings. The van der Waals surface area contributed by atoms with Crippen LogP contribution in [-0.2, 0) is 39.5 Å². The summed E-state index contributed by atoms with van der Waals surface area (Å²) in [6.07, 6.45) is 2.56. The molecule has 6 nitrogen and oxygen atoms in total. The van der Waals surface area contributed by atoms with Gasteiger partial charge in [0.25, 0.3) is 0 Å². The van der Waals surface area contributed by atoms with E-state index in [2.05, 4.69) is 148 Å². The van der Waals surface area contributed by atoms with E-state index in [1.54, 1.807) is 0 Å². The zero-order valence-corrected chi connectivity index (χ0v) is 39.4. The number of hydrogen-bond donors (Lipinski definition) is 0. The molecule has 0 aliphatic carbocycles. The first-order valence-electron chi connectivity index (χ1n) is 19.2. The van der Waals surface area contributed by atoms with E-state index in [4.69, 9.17) is 4.74 Å². The first-order chi connectivity index (χ1) is 22.8. The maximum Gasteiger partial charge on any atom is 3.00 e. The van der Waals surface area contributed by atoms with Gasteiger partial charge >= 0.3 is 46.9 Å². The van der Waals surface area contributed by atoms with Gasteiger partial charge in [0.2, 0.25) is 0 Å². The number of benzene rings is 2. The molecule has 51 heavy (non-hydrogen) atoms. The molecule has 0 N–H and O–H groups in total. The minimum Gasteiger partial charge on any atom is -0.872 e. The van der Waals surface area contributed by atoms with Crippen LogP contribution < -0.4 is 10.2 Å². The molecule has 2 saturated heterocycles. The van der Waals surface area contributed by atoms with Crippen molar-refractivity contribution in [3.63, 3.8) is 0 Å². The molecule has 2 aliphatic rings. The summed E-state index contributed by atoms with van der Waals surface area (Å²) >= 11 is 0. The predicted octanol–water partition coefficient (Wildman–Crippen LogP) is 8.47. The molecule has 0 amide bonds. The summed E-state index contributed by atoms with van der Waals surface area (Å²) in [4.78, 5) is 4.80. The standard InChI is InChI=1S/C34H54N2O2.C4H14NSi2.C4H8O.Yb/c1-31(2,3)25-17-23(29(37)27(19-25)33(7,8)9)21-35-13-15-36(16-14-35)22-24-18-26(32(4,5)6)20-28(30(24)38)34(10,11)12;1-6(2)5-7(3)4;1-2-4-5-3-1;/h17-20,37-38H,13-16,21-22H2,1-12H3;6-7H,1-4H3;1-4H2;/q;-1;;+3/p-2. The van der Waals surface area contributed by atoms with Crippen molar-refractivity contribution in [2.45, 2.75) is 157 Å². The summed E-state index contributed by atoms with van der Waals surface area (Å²) in [7, 11) is -1.08. The molecule has 0 spiro atoms. The Morgan fingerprint density at radius 3 is 1.08 bits per heavy atom. The van der Waals surface area contributed by atoms with Crippen LogP contribution in [0.3, 0.4) is 0 Å². The van der Waals surface area contributed by atoms with E-state index in [1.807, 2.05) is 0 Å². The molecule has 2 fully saturated rings. The van der Waals surface area contributed by atoms with E-state index in [1.165, 1.54) is 24.0 Å². The summed E-state index contributed by atoms with van der Waals surface area (Å²) < 4.78 is 9.50. The van der Waals surface area contributed by atoms with Gasteiger partial charge in [0.15, 0.2) is 0 Å². The summed E-state index contributed by atoms with van der Waals surface area (Å²) in [5, 5.41) is 26.9. The Morgan fingerprint density at radius 1 is 0.569 bits per heavy atom. The molecule has 9 heteroatoms. The van der Waals surface area contributed by atoms with Crippen molar-refractivity contribution < 1.29 is 61.9 Å². The van der Waals surface area contributed by atoms with Gasteiger partial charge in [-0.3, -0.25) is 9.80 Å². The molecule has 0 atom stereocenters. The third-order valence-corrected chi connectivity index (χ3v) is 14.1. The molecule has 1 radical (unpaired) electrons. The molecule has 4 rings (SSSR count). The van der Waals surface area contributed by atoms with Crippen molar-refractivity contribution in [1.82, 2.24) is 9.80 Å². The average Bonchev–Trinajstić information content (AvgIpc) is 3.54. The Morgan fingerprint density at radius 2 is 0.882 bits per heavy atom. The average molecular weight is 898 g/mol. The fourth-order valence-corrected chi connectivity index (χ4v) is 11.1. The number of hydrogen-bond acceptors (Lipinski definition) is 5. The van der Waals surface area contributed by atoms with Gasteiger partial charge < -0.3 is 19.6 Å². The van der Waals surface area contributed by atoms with E-state index in [9.17, 15) is 10.2 Å². The molecule has 2 aromatic carbocycles. The second-order valence-electron chi connectivity index (χ2n) is 19.2. The Balaban J connectivity index is 0.000000847. The van der Waals surface area contributed by atoms with Crippen LogP contribution in [0, 0.1) is 46.9 Å². The Bertz CT molecular complexity index is 1240. The molecule has 0 bridgehead atoms. The van der Waals surface area contributed by atoms with E-state index in [0.29, 0.717) is 13.1 Å². The zero-order chi connectivity index (χ0) is 38.2. The van der Waals surface area contributed by atoms with Crippen molar-refractivity contribution in [2.75, 3.05) is 39.4 Å². The van der Waals surface area contributed by atoms with Crippen LogP contribution in [0.1, 0.15) is 129 Å². The molecular weight excluding hydrogens is 824 g/mol. The van der Waals surface area contributed by atoms with Gasteiger partial charge in [-0.15, -0.1) is 11.5 Å². The summed E-state index contributed by atoms with van der Waals surface area (Å²) in [5.74, 6) is 0.385. The molecule has 2 heterocycles. The number of piperazine rings is 1. The molecule has 0 aromatic heterocycles. The number of nitrogens with zero attached hydrogens (tertiary/aromatic N) is 3. The SMILES string of the molecule is C1CCOC1.CC(C)(C)c1cc(CN2CCN(Cc3cc(C(C)(C)C)cc(C(C)(C)C)c3[O-])CC2)c([O-])c(C(C)(C)C)c1.C[SiH](C)[N-][SiH](C)C.[Yb+3]. The van der Waals surface area contributed by atoms with Crippen molar-refractivity contribution in [1.29, 1.82) is 0 Å². The Hall–Kier alpha value is -0.167. The van der Waals surface area contributed by atoms with Gasteiger partial charge in [-0.25, -0.2) is 0 Å². The predicted molar refractivity (Wildman–Crippen MR) is 218 cm³/mol. The monoisotopic (exact) mass is 898 g/mol. The normalized spacial score (nSPS) is 16.4. The van der Waals surface area contributed by atoms with Gasteiger partial charge in [0, 0.05) is 52.5 Å². The Kier molecular flexibility index (Phi) is 19.8. The van der Waals surface area contributed by atoms with Gasteiger partial charge in [-0.1, -0.05) is 151 Å². The second kappa shape index (κ2) is 20.7.